The van der Waals surface area contributed by atoms with Crippen LogP contribution in [0, 0.1) is 0 Å². The highest BCUT2D eigenvalue weighted by atomic mass is 32.2. The molecule has 1 aromatic rings. The number of rotatable bonds is 4. The van der Waals surface area contributed by atoms with Gasteiger partial charge in [-0.3, -0.25) is 4.21 Å². The van der Waals surface area contributed by atoms with E-state index in [-0.39, 0.29) is 6.61 Å². The van der Waals surface area contributed by atoms with Gasteiger partial charge in [-0.15, -0.1) is 0 Å². The molecule has 1 aromatic carbocycles. The van der Waals surface area contributed by atoms with Crippen LogP contribution in [0.15, 0.2) is 24.3 Å². The predicted molar refractivity (Wildman–Crippen MR) is 49.8 cm³/mol. The van der Waals surface area contributed by atoms with Crippen LogP contribution in [0.5, 0.6) is 0 Å². The van der Waals surface area contributed by atoms with Gasteiger partial charge in [0.1, 0.15) is 0 Å². The van der Waals surface area contributed by atoms with Crippen LogP contribution < -0.4 is 4.72 Å². The topological polar surface area (TPSA) is 72.4 Å². The maximum Gasteiger partial charge on any atom is 0.0471 e. The Kier molecular flexibility index (Phi) is 3.88. The van der Waals surface area contributed by atoms with Crippen LogP contribution in [-0.2, 0) is 17.7 Å². The Balaban J connectivity index is 2.73. The lowest BCUT2D eigenvalue weighted by Gasteiger charge is -2.09. The van der Waals surface area contributed by atoms with Gasteiger partial charge in [0.15, 0.2) is 0 Å². The van der Waals surface area contributed by atoms with E-state index in [1.165, 1.54) is 0 Å². The fourth-order valence-electron chi connectivity index (χ4n) is 1.02. The van der Waals surface area contributed by atoms with Crippen LogP contribution in [0.4, 0.5) is 5.69 Å². The highest BCUT2D eigenvalue weighted by Crippen LogP contribution is 2.10. The van der Waals surface area contributed by atoms with Gasteiger partial charge in [0.05, 0.1) is 0 Å². The maximum atomic E-state index is 10.3. The molecule has 0 fully saturated rings. The first-order valence-corrected chi connectivity index (χ1v) is 4.85. The highest BCUT2D eigenvalue weighted by Gasteiger charge is 1.94. The normalized spacial score (nSPS) is 12.5. The van der Waals surface area contributed by atoms with Gasteiger partial charge < -0.3 is 14.4 Å². The average Bonchev–Trinajstić information content (AvgIpc) is 2.04. The molecule has 0 aliphatic rings. The predicted octanol–water partition coefficient (Wildman–Crippen LogP) is 0.427. The number of hydrogen-bond acceptors (Lipinski definition) is 3. The first kappa shape index (κ1) is 10.2. The van der Waals surface area contributed by atoms with Crippen LogP contribution in [0.2, 0.25) is 0 Å². The fraction of sp³-hybridized carbons (Fsp3) is 0.250. The molecular formula is C8H10NO3S-. The maximum absolute atomic E-state index is 10.3. The van der Waals surface area contributed by atoms with Gasteiger partial charge in [0.25, 0.3) is 0 Å². The third-order valence-corrected chi connectivity index (χ3v) is 1.93. The lowest BCUT2D eigenvalue weighted by atomic mass is 10.1. The molecule has 1 unspecified atom stereocenters. The Morgan fingerprint density at radius 2 is 2.31 bits per heavy atom. The number of aliphatic hydroxyl groups is 1. The molecule has 72 valence electrons. The summed E-state index contributed by atoms with van der Waals surface area (Å²) in [4.78, 5) is 0. The molecule has 1 atom stereocenters. The molecule has 0 amide bonds. The van der Waals surface area contributed by atoms with Gasteiger partial charge in [-0.25, -0.2) is 0 Å². The molecule has 0 heterocycles. The molecule has 0 aliphatic heterocycles. The largest absolute Gasteiger partial charge is 0.755 e. The first-order valence-electron chi connectivity index (χ1n) is 3.78. The Labute approximate surface area is 79.0 Å². The molecule has 0 aromatic heterocycles. The number of anilines is 1. The summed E-state index contributed by atoms with van der Waals surface area (Å²) in [7, 11) is 0. The number of aliphatic hydroxyl groups excluding tert-OH is 1. The van der Waals surface area contributed by atoms with E-state index in [9.17, 15) is 8.76 Å². The van der Waals surface area contributed by atoms with E-state index >= 15 is 0 Å². The number of benzene rings is 1. The second kappa shape index (κ2) is 4.96. The van der Waals surface area contributed by atoms with Crippen molar-refractivity contribution in [3.63, 3.8) is 0 Å². The molecule has 0 bridgehead atoms. The average molecular weight is 200 g/mol. The SMILES string of the molecule is O=S([O-])Nc1cccc(CCO)c1. The second-order valence-electron chi connectivity index (χ2n) is 2.51. The molecule has 13 heavy (non-hydrogen) atoms. The Bertz CT molecular complexity index is 303. The lowest BCUT2D eigenvalue weighted by molar-refractivity contribution is 0.299. The summed E-state index contributed by atoms with van der Waals surface area (Å²) in [5.74, 6) is 0. The van der Waals surface area contributed by atoms with Gasteiger partial charge in [0, 0.05) is 23.6 Å². The standard InChI is InChI=1S/C8H11NO3S/c10-5-4-7-2-1-3-8(6-7)9-13(11)12/h1-3,6,9-10H,4-5H2,(H,11,12)/p-1. The summed E-state index contributed by atoms with van der Waals surface area (Å²) in [5.41, 5.74) is 1.41. The summed E-state index contributed by atoms with van der Waals surface area (Å²) in [5, 5.41) is 8.65. The highest BCUT2D eigenvalue weighted by molar-refractivity contribution is 7.80. The number of hydrogen-bond donors (Lipinski definition) is 2. The molecule has 1 rings (SSSR count). The molecule has 0 saturated carbocycles. The van der Waals surface area contributed by atoms with Crippen molar-refractivity contribution < 1.29 is 13.9 Å². The summed E-state index contributed by atoms with van der Waals surface area (Å²) in [6.45, 7) is 0.0594. The molecule has 5 heteroatoms. The van der Waals surface area contributed by atoms with E-state index in [1.54, 1.807) is 18.2 Å². The van der Waals surface area contributed by atoms with Gasteiger partial charge in [-0.05, 0) is 24.1 Å². The monoisotopic (exact) mass is 200 g/mol. The van der Waals surface area contributed by atoms with Gasteiger partial charge in [0.2, 0.25) is 0 Å². The van der Waals surface area contributed by atoms with Crippen molar-refractivity contribution in [3.05, 3.63) is 29.8 Å². The Hall–Kier alpha value is -0.910. The Morgan fingerprint density at radius 1 is 1.54 bits per heavy atom. The fourth-order valence-corrected chi connectivity index (χ4v) is 1.34. The quantitative estimate of drug-likeness (QED) is 0.692. The number of nitrogens with one attached hydrogen (secondary N) is 1. The first-order chi connectivity index (χ1) is 6.22. The Morgan fingerprint density at radius 3 is 2.92 bits per heavy atom. The molecule has 0 radical (unpaired) electrons. The van der Waals surface area contributed by atoms with Gasteiger partial charge >= 0.3 is 0 Å². The van der Waals surface area contributed by atoms with Crippen molar-refractivity contribution in [1.82, 2.24) is 0 Å². The van der Waals surface area contributed by atoms with Crippen LogP contribution in [0.1, 0.15) is 5.56 Å². The van der Waals surface area contributed by atoms with Crippen molar-refractivity contribution in [1.29, 1.82) is 0 Å². The smallest absolute Gasteiger partial charge is 0.0471 e. The summed E-state index contributed by atoms with van der Waals surface area (Å²) < 4.78 is 22.8. The van der Waals surface area contributed by atoms with Gasteiger partial charge in [-0.2, -0.15) is 0 Å². The van der Waals surface area contributed by atoms with E-state index in [2.05, 4.69) is 4.72 Å². The van der Waals surface area contributed by atoms with Crippen molar-refractivity contribution in [2.75, 3.05) is 11.3 Å². The van der Waals surface area contributed by atoms with Crippen molar-refractivity contribution in [2.24, 2.45) is 0 Å². The van der Waals surface area contributed by atoms with E-state index in [0.717, 1.165) is 5.56 Å². The third-order valence-electron chi connectivity index (χ3n) is 1.53. The van der Waals surface area contributed by atoms with Gasteiger partial charge in [-0.1, -0.05) is 12.1 Å². The summed E-state index contributed by atoms with van der Waals surface area (Å²) in [6.07, 6.45) is 0.529. The van der Waals surface area contributed by atoms with Crippen LogP contribution >= 0.6 is 0 Å². The van der Waals surface area contributed by atoms with Crippen molar-refractivity contribution >= 4 is 17.0 Å². The molecule has 0 spiro atoms. The summed E-state index contributed by atoms with van der Waals surface area (Å²) >= 11 is -2.29. The van der Waals surface area contributed by atoms with E-state index < -0.39 is 11.3 Å². The summed E-state index contributed by atoms with van der Waals surface area (Å²) in [6, 6.07) is 6.90. The minimum Gasteiger partial charge on any atom is -0.755 e. The zero-order valence-electron chi connectivity index (χ0n) is 6.90. The second-order valence-corrected chi connectivity index (χ2v) is 3.18. The zero-order chi connectivity index (χ0) is 9.68. The molecule has 0 saturated heterocycles. The molecule has 4 nitrogen and oxygen atoms in total. The molecule has 2 N–H and O–H groups in total. The molecule has 0 aliphatic carbocycles. The van der Waals surface area contributed by atoms with Crippen molar-refractivity contribution in [2.45, 2.75) is 6.42 Å². The van der Waals surface area contributed by atoms with Crippen LogP contribution in [-0.4, -0.2) is 20.5 Å². The van der Waals surface area contributed by atoms with Crippen molar-refractivity contribution in [3.8, 4) is 0 Å². The minimum atomic E-state index is -2.29. The van der Waals surface area contributed by atoms with Crippen LogP contribution in [0.25, 0.3) is 0 Å². The molecular weight excluding hydrogens is 190 g/mol. The van der Waals surface area contributed by atoms with Crippen LogP contribution in [0.3, 0.4) is 0 Å². The third kappa shape index (κ3) is 3.54. The van der Waals surface area contributed by atoms with E-state index in [0.29, 0.717) is 12.1 Å². The zero-order valence-corrected chi connectivity index (χ0v) is 7.71. The lowest BCUT2D eigenvalue weighted by Crippen LogP contribution is -2.02. The van der Waals surface area contributed by atoms with E-state index in [4.69, 9.17) is 5.11 Å². The minimum absolute atomic E-state index is 0.0594. The van der Waals surface area contributed by atoms with E-state index in [1.807, 2.05) is 6.07 Å².